The monoisotopic (exact) mass is 352 g/mol. The lowest BCUT2D eigenvalue weighted by molar-refractivity contribution is -0.143. The summed E-state index contributed by atoms with van der Waals surface area (Å²) in [7, 11) is 0. The summed E-state index contributed by atoms with van der Waals surface area (Å²) in [5.41, 5.74) is -2.45. The van der Waals surface area contributed by atoms with Gasteiger partial charge in [-0.05, 0) is 43.0 Å². The number of likely N-dealkylation sites (tertiary alicyclic amines) is 1. The van der Waals surface area contributed by atoms with Gasteiger partial charge in [-0.2, -0.15) is 26.3 Å². The van der Waals surface area contributed by atoms with Gasteiger partial charge in [0.15, 0.2) is 0 Å². The predicted octanol–water partition coefficient (Wildman–Crippen LogP) is 4.05. The minimum atomic E-state index is -4.80. The Labute approximate surface area is 135 Å². The normalized spacial score (nSPS) is 25.8. The highest BCUT2D eigenvalue weighted by Crippen LogP contribution is 2.36. The minimum Gasteiger partial charge on any atom is -0.310 e. The zero-order valence-electron chi connectivity index (χ0n) is 12.8. The number of hydrogen-bond donors (Lipinski definition) is 1. The van der Waals surface area contributed by atoms with Gasteiger partial charge in [0.2, 0.25) is 0 Å². The first-order valence-electron chi connectivity index (χ1n) is 7.88. The van der Waals surface area contributed by atoms with E-state index in [2.05, 4.69) is 5.32 Å². The predicted molar refractivity (Wildman–Crippen MR) is 76.3 cm³/mol. The highest BCUT2D eigenvalue weighted by Gasteiger charge is 2.37. The zero-order chi connectivity index (χ0) is 17.5. The van der Waals surface area contributed by atoms with E-state index < -0.39 is 23.5 Å². The van der Waals surface area contributed by atoms with Crippen LogP contribution in [0.4, 0.5) is 26.3 Å². The molecule has 2 saturated heterocycles. The number of benzene rings is 1. The second kappa shape index (κ2) is 6.22. The van der Waals surface area contributed by atoms with Crippen molar-refractivity contribution in [3.63, 3.8) is 0 Å². The van der Waals surface area contributed by atoms with Crippen LogP contribution in [0.3, 0.4) is 0 Å². The summed E-state index contributed by atoms with van der Waals surface area (Å²) in [5, 5.41) is 3.44. The van der Waals surface area contributed by atoms with Crippen LogP contribution < -0.4 is 5.32 Å². The van der Waals surface area contributed by atoms with E-state index in [0.29, 0.717) is 19.1 Å². The van der Waals surface area contributed by atoms with Crippen LogP contribution in [-0.4, -0.2) is 30.1 Å². The molecule has 24 heavy (non-hydrogen) atoms. The maximum absolute atomic E-state index is 12.9. The summed E-state index contributed by atoms with van der Waals surface area (Å²) < 4.78 is 77.5. The molecule has 3 rings (SSSR count). The van der Waals surface area contributed by atoms with Crippen molar-refractivity contribution >= 4 is 0 Å². The van der Waals surface area contributed by atoms with E-state index in [1.54, 1.807) is 0 Å². The molecule has 1 aromatic carbocycles. The Morgan fingerprint density at radius 1 is 0.875 bits per heavy atom. The van der Waals surface area contributed by atoms with Gasteiger partial charge in [-0.25, -0.2) is 0 Å². The third kappa shape index (κ3) is 4.03. The number of nitrogens with one attached hydrogen (secondary N) is 1. The SMILES string of the molecule is FC(F)(F)c1cc(CN2CCC3CCC(C2)N3)cc(C(F)(F)F)c1. The van der Waals surface area contributed by atoms with Crippen molar-refractivity contribution in [1.82, 2.24) is 10.2 Å². The number of hydrogen-bond acceptors (Lipinski definition) is 2. The van der Waals surface area contributed by atoms with E-state index >= 15 is 0 Å². The molecule has 0 aromatic heterocycles. The fraction of sp³-hybridized carbons (Fsp3) is 0.625. The van der Waals surface area contributed by atoms with Gasteiger partial charge in [-0.15, -0.1) is 0 Å². The molecule has 2 fully saturated rings. The number of nitrogens with zero attached hydrogens (tertiary/aromatic N) is 1. The summed E-state index contributed by atoms with van der Waals surface area (Å²) in [5.74, 6) is 0. The Morgan fingerprint density at radius 2 is 1.46 bits per heavy atom. The molecule has 2 atom stereocenters. The lowest BCUT2D eigenvalue weighted by Crippen LogP contribution is -2.35. The molecule has 2 aliphatic rings. The second-order valence-electron chi connectivity index (χ2n) is 6.58. The first kappa shape index (κ1) is 17.5. The molecular weight excluding hydrogens is 334 g/mol. The number of halogens is 6. The van der Waals surface area contributed by atoms with Gasteiger partial charge < -0.3 is 5.32 Å². The molecule has 0 spiro atoms. The van der Waals surface area contributed by atoms with Gasteiger partial charge in [-0.3, -0.25) is 4.90 Å². The summed E-state index contributed by atoms with van der Waals surface area (Å²) >= 11 is 0. The Kier molecular flexibility index (Phi) is 4.55. The molecule has 8 heteroatoms. The maximum Gasteiger partial charge on any atom is 0.416 e. The van der Waals surface area contributed by atoms with Gasteiger partial charge in [0, 0.05) is 31.7 Å². The maximum atomic E-state index is 12.9. The van der Waals surface area contributed by atoms with Crippen molar-refractivity contribution in [3.05, 3.63) is 34.9 Å². The summed E-state index contributed by atoms with van der Waals surface area (Å²) in [6, 6.07) is 2.50. The zero-order valence-corrected chi connectivity index (χ0v) is 12.8. The van der Waals surface area contributed by atoms with Crippen LogP contribution >= 0.6 is 0 Å². The second-order valence-corrected chi connectivity index (χ2v) is 6.58. The minimum absolute atomic E-state index is 0.0509. The smallest absolute Gasteiger partial charge is 0.310 e. The average molecular weight is 352 g/mol. The van der Waals surface area contributed by atoms with Crippen molar-refractivity contribution in [1.29, 1.82) is 0 Å². The molecule has 2 heterocycles. The Balaban J connectivity index is 1.84. The first-order valence-corrected chi connectivity index (χ1v) is 7.88. The Bertz CT molecular complexity index is 563. The van der Waals surface area contributed by atoms with E-state index in [9.17, 15) is 26.3 Å². The molecule has 0 aliphatic carbocycles. The van der Waals surface area contributed by atoms with Crippen molar-refractivity contribution < 1.29 is 26.3 Å². The molecule has 0 amide bonds. The van der Waals surface area contributed by atoms with Gasteiger partial charge in [0.25, 0.3) is 0 Å². The molecule has 2 unspecified atom stereocenters. The Hall–Kier alpha value is -1.28. The summed E-state index contributed by atoms with van der Waals surface area (Å²) in [6.07, 6.45) is -6.65. The first-order chi connectivity index (χ1) is 11.1. The standard InChI is InChI=1S/C16H18F6N2/c17-15(18,19)11-5-10(6-12(7-11)16(20,21)22)8-24-4-3-13-1-2-14(9-24)23-13/h5-7,13-14,23H,1-4,8-9H2. The lowest BCUT2D eigenvalue weighted by Gasteiger charge is -2.25. The van der Waals surface area contributed by atoms with E-state index in [-0.39, 0.29) is 24.2 Å². The number of fused-ring (bicyclic) bond motifs is 2. The number of alkyl halides is 6. The molecule has 0 saturated carbocycles. The van der Waals surface area contributed by atoms with Crippen molar-refractivity contribution in [2.75, 3.05) is 13.1 Å². The molecule has 2 nitrogen and oxygen atoms in total. The fourth-order valence-corrected chi connectivity index (χ4v) is 3.53. The highest BCUT2D eigenvalue weighted by molar-refractivity contribution is 5.33. The molecule has 1 aromatic rings. The van der Waals surface area contributed by atoms with Crippen LogP contribution in [0.2, 0.25) is 0 Å². The van der Waals surface area contributed by atoms with Gasteiger partial charge >= 0.3 is 12.4 Å². The summed E-state index contributed by atoms with van der Waals surface area (Å²) in [6.45, 7) is 1.41. The third-order valence-electron chi connectivity index (χ3n) is 4.66. The van der Waals surface area contributed by atoms with Gasteiger partial charge in [0.05, 0.1) is 11.1 Å². The average Bonchev–Trinajstić information content (AvgIpc) is 2.79. The number of rotatable bonds is 2. The van der Waals surface area contributed by atoms with Crippen LogP contribution in [0.1, 0.15) is 36.0 Å². The topological polar surface area (TPSA) is 15.3 Å². The highest BCUT2D eigenvalue weighted by atomic mass is 19.4. The summed E-state index contributed by atoms with van der Waals surface area (Å²) in [4.78, 5) is 1.94. The molecule has 2 bridgehead atoms. The van der Waals surface area contributed by atoms with Crippen LogP contribution in [-0.2, 0) is 18.9 Å². The molecule has 1 N–H and O–H groups in total. The van der Waals surface area contributed by atoms with Crippen LogP contribution in [0, 0.1) is 0 Å². The van der Waals surface area contributed by atoms with Crippen LogP contribution in [0.15, 0.2) is 18.2 Å². The lowest BCUT2D eigenvalue weighted by atomic mass is 10.0. The van der Waals surface area contributed by atoms with Crippen LogP contribution in [0.25, 0.3) is 0 Å². The molecule has 2 aliphatic heterocycles. The molecular formula is C16H18F6N2. The van der Waals surface area contributed by atoms with Gasteiger partial charge in [-0.1, -0.05) is 0 Å². The quantitative estimate of drug-likeness (QED) is 0.808. The fourth-order valence-electron chi connectivity index (χ4n) is 3.53. The molecule has 0 radical (unpaired) electrons. The van der Waals surface area contributed by atoms with Crippen molar-refractivity contribution in [3.8, 4) is 0 Å². The Morgan fingerprint density at radius 3 is 2.04 bits per heavy atom. The van der Waals surface area contributed by atoms with E-state index in [4.69, 9.17) is 0 Å². The van der Waals surface area contributed by atoms with E-state index in [1.807, 2.05) is 4.90 Å². The van der Waals surface area contributed by atoms with E-state index in [0.717, 1.165) is 31.4 Å². The van der Waals surface area contributed by atoms with Crippen LogP contribution in [0.5, 0.6) is 0 Å². The van der Waals surface area contributed by atoms with Crippen molar-refractivity contribution in [2.24, 2.45) is 0 Å². The largest absolute Gasteiger partial charge is 0.416 e. The van der Waals surface area contributed by atoms with E-state index in [1.165, 1.54) is 0 Å². The third-order valence-corrected chi connectivity index (χ3v) is 4.66. The van der Waals surface area contributed by atoms with Crippen molar-refractivity contribution in [2.45, 2.75) is 50.2 Å². The van der Waals surface area contributed by atoms with Gasteiger partial charge in [0.1, 0.15) is 0 Å². The molecule has 134 valence electrons.